The van der Waals surface area contributed by atoms with E-state index >= 15 is 0 Å². The minimum atomic E-state index is -0.208. The molecule has 0 aliphatic heterocycles. The van der Waals surface area contributed by atoms with E-state index in [2.05, 4.69) is 38.1 Å². The quantitative estimate of drug-likeness (QED) is 0.170. The Morgan fingerprint density at radius 3 is 2.81 bits per heavy atom. The number of aryl methyl sites for hydroxylation is 1. The largest absolute Gasteiger partial charge is 0.495 e. The molecular weight excluding hydrogens is 544 g/mol. The van der Waals surface area contributed by atoms with E-state index in [9.17, 15) is 4.79 Å². The van der Waals surface area contributed by atoms with Crippen LogP contribution in [-0.4, -0.2) is 34.1 Å². The Labute approximate surface area is 247 Å². The zero-order valence-electron chi connectivity index (χ0n) is 23.3. The van der Waals surface area contributed by atoms with Crippen LogP contribution in [0.3, 0.4) is 0 Å². The maximum absolute atomic E-state index is 13.2. The highest BCUT2D eigenvalue weighted by molar-refractivity contribution is 7.18. The summed E-state index contributed by atoms with van der Waals surface area (Å²) in [7, 11) is 3.48. The van der Waals surface area contributed by atoms with E-state index in [1.165, 1.54) is 0 Å². The Morgan fingerprint density at radius 1 is 1.12 bits per heavy atom. The molecule has 0 fully saturated rings. The van der Waals surface area contributed by atoms with E-state index in [1.54, 1.807) is 24.6 Å². The van der Waals surface area contributed by atoms with Crippen molar-refractivity contribution in [2.75, 3.05) is 24.7 Å². The number of fused-ring (bicyclic) bond motifs is 2. The number of nitrogens with one attached hydrogen (secondary N) is 2. The highest BCUT2D eigenvalue weighted by Crippen LogP contribution is 2.41. The van der Waals surface area contributed by atoms with Gasteiger partial charge in [-0.3, -0.25) is 9.78 Å². The molecule has 0 saturated heterocycles. The van der Waals surface area contributed by atoms with Gasteiger partial charge < -0.3 is 25.7 Å². The number of methoxy groups -OCH3 is 1. The van der Waals surface area contributed by atoms with Crippen molar-refractivity contribution in [1.82, 2.24) is 19.9 Å². The average molecular weight is 575 g/mol. The Morgan fingerprint density at radius 2 is 2.00 bits per heavy atom. The van der Waals surface area contributed by atoms with E-state index in [-0.39, 0.29) is 5.91 Å². The number of carbonyl (C=O) groups is 1. The van der Waals surface area contributed by atoms with Crippen LogP contribution in [0.1, 0.15) is 21.6 Å². The number of nitrogens with two attached hydrogens (primary N) is 1. The van der Waals surface area contributed by atoms with Gasteiger partial charge in [0.15, 0.2) is 0 Å². The summed E-state index contributed by atoms with van der Waals surface area (Å²) in [5.41, 5.74) is 12.6. The number of ether oxygens (including phenoxy) is 1. The molecule has 0 radical (unpaired) electrons. The first-order chi connectivity index (χ1) is 20.5. The van der Waals surface area contributed by atoms with Gasteiger partial charge in [-0.2, -0.15) is 0 Å². The fourth-order valence-electron chi connectivity index (χ4n) is 5.06. The first-order valence-corrected chi connectivity index (χ1v) is 14.4. The molecule has 8 nitrogen and oxygen atoms in total. The molecule has 0 aliphatic rings. The van der Waals surface area contributed by atoms with Gasteiger partial charge >= 0.3 is 0 Å². The molecule has 0 atom stereocenters. The molecule has 4 heterocycles. The molecule has 0 unspecified atom stereocenters. The number of nitrogens with zero attached hydrogens (tertiary/aromatic N) is 3. The van der Waals surface area contributed by atoms with E-state index in [0.717, 1.165) is 49.8 Å². The number of pyridine rings is 2. The van der Waals surface area contributed by atoms with Crippen LogP contribution in [0.15, 0.2) is 90.7 Å². The summed E-state index contributed by atoms with van der Waals surface area (Å²) in [6.45, 7) is 1.46. The van der Waals surface area contributed by atoms with Gasteiger partial charge in [0.25, 0.3) is 5.91 Å². The number of nitrogen functional groups attached to an aromatic ring is 1. The summed E-state index contributed by atoms with van der Waals surface area (Å²) in [5.74, 6) is 0.821. The maximum atomic E-state index is 13.2. The van der Waals surface area contributed by atoms with E-state index in [0.29, 0.717) is 29.5 Å². The van der Waals surface area contributed by atoms with Crippen molar-refractivity contribution >= 4 is 55.8 Å². The first-order valence-electron chi connectivity index (χ1n) is 13.5. The molecular formula is C33H30N6O2S. The summed E-state index contributed by atoms with van der Waals surface area (Å²) >= 11 is 1.63. The van der Waals surface area contributed by atoms with Gasteiger partial charge in [-0.25, -0.2) is 4.98 Å². The summed E-state index contributed by atoms with van der Waals surface area (Å²) in [6.07, 6.45) is 9.59. The van der Waals surface area contributed by atoms with Crippen LogP contribution in [0.4, 0.5) is 11.5 Å². The number of rotatable bonds is 9. The number of benzene rings is 2. The standard InChI is InChI=1S/C33H30N6O2S/c1-39-27-10-4-3-8-23(27)15-28(39)33(40)38-26-12-11-22(16-29(26)41-2)25-20-42-31-24(19-37-32(34)30(25)31)9-6-14-36-18-21-7-5-13-35-17-21/h3-13,15-17,19-20,36H,14,18H2,1-2H3,(H2,34,37)(H,38,40)/b9-6+. The zero-order chi connectivity index (χ0) is 29.1. The van der Waals surface area contributed by atoms with Crippen molar-refractivity contribution in [3.63, 3.8) is 0 Å². The molecule has 0 saturated carbocycles. The molecule has 6 aromatic rings. The van der Waals surface area contributed by atoms with Crippen LogP contribution in [0.2, 0.25) is 0 Å². The molecule has 0 aliphatic carbocycles. The lowest BCUT2D eigenvalue weighted by Gasteiger charge is -2.13. The third-order valence-electron chi connectivity index (χ3n) is 7.21. The summed E-state index contributed by atoms with van der Waals surface area (Å²) in [5, 5.41) is 10.4. The average Bonchev–Trinajstić information content (AvgIpc) is 3.61. The van der Waals surface area contributed by atoms with Crippen molar-refractivity contribution in [3.8, 4) is 16.9 Å². The number of thiophene rings is 1. The van der Waals surface area contributed by atoms with Crippen LogP contribution in [0, 0.1) is 0 Å². The molecule has 4 aromatic heterocycles. The maximum Gasteiger partial charge on any atom is 0.272 e. The molecule has 6 rings (SSSR count). The number of amides is 1. The van der Waals surface area contributed by atoms with Gasteiger partial charge in [-0.05, 0) is 46.8 Å². The Balaban J connectivity index is 1.23. The normalized spacial score (nSPS) is 11.5. The van der Waals surface area contributed by atoms with Gasteiger partial charge in [0, 0.05) is 70.8 Å². The van der Waals surface area contributed by atoms with Crippen LogP contribution in [0.5, 0.6) is 5.75 Å². The lowest BCUT2D eigenvalue weighted by Crippen LogP contribution is -2.16. The Bertz CT molecular complexity index is 1930. The Kier molecular flexibility index (Phi) is 7.68. The highest BCUT2D eigenvalue weighted by Gasteiger charge is 2.18. The summed E-state index contributed by atoms with van der Waals surface area (Å²) in [6, 6.07) is 19.5. The molecule has 1 amide bonds. The molecule has 2 aromatic carbocycles. The third kappa shape index (κ3) is 5.35. The number of aromatic nitrogens is 3. The predicted molar refractivity (Wildman–Crippen MR) is 172 cm³/mol. The lowest BCUT2D eigenvalue weighted by atomic mass is 10.0. The summed E-state index contributed by atoms with van der Waals surface area (Å²) in [4.78, 5) is 21.9. The zero-order valence-corrected chi connectivity index (χ0v) is 24.1. The van der Waals surface area contributed by atoms with Gasteiger partial charge in [0.1, 0.15) is 17.3 Å². The molecule has 42 heavy (non-hydrogen) atoms. The molecule has 0 bridgehead atoms. The lowest BCUT2D eigenvalue weighted by molar-refractivity contribution is 0.101. The third-order valence-corrected chi connectivity index (χ3v) is 8.24. The number of para-hydroxylation sites is 1. The molecule has 0 spiro atoms. The van der Waals surface area contributed by atoms with Crippen molar-refractivity contribution in [3.05, 3.63) is 108 Å². The number of hydrogen-bond acceptors (Lipinski definition) is 7. The highest BCUT2D eigenvalue weighted by atomic mass is 32.1. The minimum absolute atomic E-state index is 0.208. The predicted octanol–water partition coefficient (Wildman–Crippen LogP) is 6.50. The topological polar surface area (TPSA) is 107 Å². The second-order valence-corrected chi connectivity index (χ2v) is 10.7. The van der Waals surface area contributed by atoms with E-state index in [4.69, 9.17) is 10.5 Å². The van der Waals surface area contributed by atoms with Gasteiger partial charge in [0.2, 0.25) is 0 Å². The fourth-order valence-corrected chi connectivity index (χ4v) is 6.14. The van der Waals surface area contributed by atoms with Crippen molar-refractivity contribution in [2.24, 2.45) is 7.05 Å². The van der Waals surface area contributed by atoms with Crippen molar-refractivity contribution in [2.45, 2.75) is 6.54 Å². The molecule has 4 N–H and O–H groups in total. The van der Waals surface area contributed by atoms with Gasteiger partial charge in [-0.1, -0.05) is 42.5 Å². The van der Waals surface area contributed by atoms with Crippen LogP contribution < -0.4 is 21.1 Å². The van der Waals surface area contributed by atoms with Crippen LogP contribution >= 0.6 is 11.3 Å². The van der Waals surface area contributed by atoms with Crippen LogP contribution in [0.25, 0.3) is 38.2 Å². The Hall–Kier alpha value is -4.99. The SMILES string of the molecule is COc1cc(-c2csc3c(/C=C/CNCc4cccnc4)cnc(N)c23)ccc1NC(=O)c1cc2ccccc2n1C. The second kappa shape index (κ2) is 11.9. The number of hydrogen-bond donors (Lipinski definition) is 3. The fraction of sp³-hybridized carbons (Fsp3) is 0.121. The first kappa shape index (κ1) is 27.2. The van der Waals surface area contributed by atoms with E-state index < -0.39 is 0 Å². The number of anilines is 2. The van der Waals surface area contributed by atoms with Gasteiger partial charge in [0.05, 0.1) is 12.8 Å². The smallest absolute Gasteiger partial charge is 0.272 e. The monoisotopic (exact) mass is 574 g/mol. The molecule has 9 heteroatoms. The minimum Gasteiger partial charge on any atom is -0.495 e. The molecule has 210 valence electrons. The second-order valence-electron chi connectivity index (χ2n) is 9.86. The van der Waals surface area contributed by atoms with Gasteiger partial charge in [-0.15, -0.1) is 11.3 Å². The van der Waals surface area contributed by atoms with Crippen molar-refractivity contribution < 1.29 is 9.53 Å². The van der Waals surface area contributed by atoms with Crippen molar-refractivity contribution in [1.29, 1.82) is 0 Å². The van der Waals surface area contributed by atoms with Crippen LogP contribution in [-0.2, 0) is 13.6 Å². The van der Waals surface area contributed by atoms with E-state index in [1.807, 2.05) is 84.7 Å². The number of carbonyl (C=O) groups excluding carboxylic acids is 1. The summed E-state index contributed by atoms with van der Waals surface area (Å²) < 4.78 is 8.65.